The maximum absolute atomic E-state index is 10.4. The average molecular weight is 211 g/mol. The Morgan fingerprint density at radius 2 is 2.43 bits per heavy atom. The molecule has 1 heterocycles. The molecule has 0 saturated carbocycles. The van der Waals surface area contributed by atoms with E-state index in [1.807, 2.05) is 0 Å². The number of pyridine rings is 1. The number of methoxy groups -OCH3 is 1. The molecule has 0 aliphatic rings. The molecule has 0 radical (unpaired) electrons. The standard InChI is InChI=1S/C9H7ClN2O2/c1-14-9-6(2-3-8(11)13)4-7(10)5-12-9/h4-5H,1H3,(H2,11,13). The molecule has 0 saturated heterocycles. The second-order valence-electron chi connectivity index (χ2n) is 2.32. The van der Waals surface area contributed by atoms with E-state index in [-0.39, 0.29) is 0 Å². The van der Waals surface area contributed by atoms with E-state index in [1.54, 1.807) is 6.07 Å². The van der Waals surface area contributed by atoms with Crippen molar-refractivity contribution >= 4 is 17.5 Å². The van der Waals surface area contributed by atoms with Crippen molar-refractivity contribution in [2.24, 2.45) is 5.73 Å². The molecule has 0 bridgehead atoms. The second kappa shape index (κ2) is 4.49. The van der Waals surface area contributed by atoms with Crippen LogP contribution in [0.1, 0.15) is 5.56 Å². The molecule has 0 spiro atoms. The van der Waals surface area contributed by atoms with Crippen molar-refractivity contribution in [2.45, 2.75) is 0 Å². The van der Waals surface area contributed by atoms with Gasteiger partial charge in [-0.15, -0.1) is 0 Å². The summed E-state index contributed by atoms with van der Waals surface area (Å²) in [6.07, 6.45) is 1.43. The molecule has 0 aliphatic carbocycles. The first kappa shape index (κ1) is 10.4. The third-order valence-electron chi connectivity index (χ3n) is 1.33. The SMILES string of the molecule is COc1ncc(Cl)cc1C#CC(N)=O. The Bertz CT molecular complexity index is 421. The van der Waals surface area contributed by atoms with Crippen LogP contribution in [0.2, 0.25) is 5.02 Å². The van der Waals surface area contributed by atoms with Crippen molar-refractivity contribution in [3.05, 3.63) is 22.8 Å². The lowest BCUT2D eigenvalue weighted by Crippen LogP contribution is -2.06. The molecular weight excluding hydrogens is 204 g/mol. The Labute approximate surface area is 86.0 Å². The van der Waals surface area contributed by atoms with Crippen molar-refractivity contribution in [2.75, 3.05) is 7.11 Å². The summed E-state index contributed by atoms with van der Waals surface area (Å²) in [7, 11) is 1.45. The Balaban J connectivity index is 3.13. The van der Waals surface area contributed by atoms with Crippen LogP contribution in [0.25, 0.3) is 0 Å². The van der Waals surface area contributed by atoms with Gasteiger partial charge in [0.15, 0.2) is 0 Å². The van der Waals surface area contributed by atoms with E-state index in [4.69, 9.17) is 22.1 Å². The summed E-state index contributed by atoms with van der Waals surface area (Å²) in [6, 6.07) is 1.54. The lowest BCUT2D eigenvalue weighted by atomic mass is 10.3. The number of hydrogen-bond acceptors (Lipinski definition) is 3. The summed E-state index contributed by atoms with van der Waals surface area (Å²) in [6.45, 7) is 0. The zero-order chi connectivity index (χ0) is 10.6. The van der Waals surface area contributed by atoms with Crippen molar-refractivity contribution in [1.82, 2.24) is 4.98 Å². The predicted molar refractivity (Wildman–Crippen MR) is 51.9 cm³/mol. The zero-order valence-electron chi connectivity index (χ0n) is 7.37. The Morgan fingerprint density at radius 3 is 3.00 bits per heavy atom. The Hall–Kier alpha value is -1.73. The van der Waals surface area contributed by atoms with Gasteiger partial charge in [0.1, 0.15) is 0 Å². The number of aromatic nitrogens is 1. The van der Waals surface area contributed by atoms with E-state index >= 15 is 0 Å². The van der Waals surface area contributed by atoms with Crippen LogP contribution in [0.3, 0.4) is 0 Å². The molecule has 5 heteroatoms. The fourth-order valence-electron chi connectivity index (χ4n) is 0.808. The monoisotopic (exact) mass is 210 g/mol. The number of primary amides is 1. The van der Waals surface area contributed by atoms with Crippen molar-refractivity contribution in [3.63, 3.8) is 0 Å². The maximum Gasteiger partial charge on any atom is 0.293 e. The summed E-state index contributed by atoms with van der Waals surface area (Å²) >= 11 is 5.69. The molecule has 1 amide bonds. The van der Waals surface area contributed by atoms with E-state index < -0.39 is 5.91 Å². The van der Waals surface area contributed by atoms with Crippen LogP contribution in [0.4, 0.5) is 0 Å². The molecule has 14 heavy (non-hydrogen) atoms. The minimum atomic E-state index is -0.716. The molecule has 1 aromatic rings. The number of nitrogens with zero attached hydrogens (tertiary/aromatic N) is 1. The fourth-order valence-corrected chi connectivity index (χ4v) is 0.966. The summed E-state index contributed by atoms with van der Waals surface area (Å²) in [5.41, 5.74) is 5.29. The van der Waals surface area contributed by atoms with Gasteiger partial charge in [-0.25, -0.2) is 4.98 Å². The molecule has 1 rings (SSSR count). The van der Waals surface area contributed by atoms with Crippen LogP contribution in [0, 0.1) is 11.8 Å². The fraction of sp³-hybridized carbons (Fsp3) is 0.111. The number of nitrogens with two attached hydrogens (primary N) is 1. The first-order valence-corrected chi connectivity index (χ1v) is 4.02. The van der Waals surface area contributed by atoms with Crippen LogP contribution in [0.15, 0.2) is 12.3 Å². The van der Waals surface area contributed by atoms with Gasteiger partial charge in [0.25, 0.3) is 5.91 Å². The van der Waals surface area contributed by atoms with Gasteiger partial charge >= 0.3 is 0 Å². The highest BCUT2D eigenvalue weighted by molar-refractivity contribution is 6.30. The van der Waals surface area contributed by atoms with E-state index in [1.165, 1.54) is 13.3 Å². The van der Waals surface area contributed by atoms with Crippen LogP contribution in [0.5, 0.6) is 5.88 Å². The quantitative estimate of drug-likeness (QED) is 0.690. The Kier molecular flexibility index (Phi) is 3.32. The molecule has 1 aromatic heterocycles. The highest BCUT2D eigenvalue weighted by Crippen LogP contribution is 2.17. The summed E-state index contributed by atoms with van der Waals surface area (Å²) in [5.74, 6) is 4.27. The Morgan fingerprint density at radius 1 is 1.71 bits per heavy atom. The molecule has 4 nitrogen and oxygen atoms in total. The number of ether oxygens (including phenoxy) is 1. The lowest BCUT2D eigenvalue weighted by Gasteiger charge is -2.00. The molecule has 0 atom stereocenters. The average Bonchev–Trinajstić information content (AvgIpc) is 2.15. The van der Waals surface area contributed by atoms with Crippen LogP contribution >= 0.6 is 11.6 Å². The highest BCUT2D eigenvalue weighted by atomic mass is 35.5. The normalized spacial score (nSPS) is 8.71. The topological polar surface area (TPSA) is 65.2 Å². The molecule has 0 unspecified atom stereocenters. The number of rotatable bonds is 1. The van der Waals surface area contributed by atoms with Crippen molar-refractivity contribution < 1.29 is 9.53 Å². The predicted octanol–water partition coefficient (Wildman–Crippen LogP) is 0.580. The first-order valence-electron chi connectivity index (χ1n) is 3.64. The minimum Gasteiger partial charge on any atom is -0.480 e. The number of carbonyl (C=O) groups is 1. The molecule has 0 aromatic carbocycles. The van der Waals surface area contributed by atoms with Crippen LogP contribution in [-0.4, -0.2) is 18.0 Å². The molecular formula is C9H7ClN2O2. The third kappa shape index (κ3) is 2.64. The summed E-state index contributed by atoms with van der Waals surface area (Å²) < 4.78 is 4.91. The number of hydrogen-bond donors (Lipinski definition) is 1. The van der Waals surface area contributed by atoms with Gasteiger partial charge in [0, 0.05) is 12.1 Å². The van der Waals surface area contributed by atoms with Gasteiger partial charge in [-0.3, -0.25) is 4.79 Å². The van der Waals surface area contributed by atoms with Gasteiger partial charge in [-0.1, -0.05) is 17.5 Å². The van der Waals surface area contributed by atoms with Crippen molar-refractivity contribution in [3.8, 4) is 17.7 Å². The smallest absolute Gasteiger partial charge is 0.293 e. The molecule has 2 N–H and O–H groups in total. The largest absolute Gasteiger partial charge is 0.480 e. The van der Waals surface area contributed by atoms with Crippen LogP contribution < -0.4 is 10.5 Å². The van der Waals surface area contributed by atoms with E-state index in [0.29, 0.717) is 16.5 Å². The van der Waals surface area contributed by atoms with Gasteiger partial charge in [0.05, 0.1) is 17.7 Å². The van der Waals surface area contributed by atoms with Gasteiger partial charge in [-0.2, -0.15) is 0 Å². The third-order valence-corrected chi connectivity index (χ3v) is 1.54. The van der Waals surface area contributed by atoms with E-state index in [2.05, 4.69) is 16.8 Å². The van der Waals surface area contributed by atoms with E-state index in [0.717, 1.165) is 0 Å². The molecule has 0 fully saturated rings. The number of carbonyl (C=O) groups excluding carboxylic acids is 1. The van der Waals surface area contributed by atoms with Gasteiger partial charge in [-0.05, 0) is 6.07 Å². The molecule has 72 valence electrons. The second-order valence-corrected chi connectivity index (χ2v) is 2.76. The van der Waals surface area contributed by atoms with E-state index in [9.17, 15) is 4.79 Å². The maximum atomic E-state index is 10.4. The zero-order valence-corrected chi connectivity index (χ0v) is 8.13. The van der Waals surface area contributed by atoms with Gasteiger partial charge in [0.2, 0.25) is 5.88 Å². The number of halogens is 1. The lowest BCUT2D eigenvalue weighted by molar-refractivity contribution is -0.112. The minimum absolute atomic E-state index is 0.308. The highest BCUT2D eigenvalue weighted by Gasteiger charge is 2.02. The van der Waals surface area contributed by atoms with Crippen molar-refractivity contribution in [1.29, 1.82) is 0 Å². The van der Waals surface area contributed by atoms with Crippen LogP contribution in [-0.2, 0) is 4.79 Å². The number of amides is 1. The molecule has 0 aliphatic heterocycles. The first-order chi connectivity index (χ1) is 6.63. The van der Waals surface area contributed by atoms with Gasteiger partial charge < -0.3 is 10.5 Å². The summed E-state index contributed by atoms with van der Waals surface area (Å²) in [4.78, 5) is 14.3. The summed E-state index contributed by atoms with van der Waals surface area (Å²) in [5, 5.41) is 0.416.